The number of urea groups is 1. The number of carbonyl (C=O) groups is 3. The zero-order chi connectivity index (χ0) is 24.5. The molecule has 0 radical (unpaired) electrons. The summed E-state index contributed by atoms with van der Waals surface area (Å²) in [5, 5.41) is 0. The highest BCUT2D eigenvalue weighted by Crippen LogP contribution is 2.30. The fourth-order valence-electron chi connectivity index (χ4n) is 3.76. The molecule has 2 aliphatic heterocycles. The molecule has 0 N–H and O–H groups in total. The number of anilines is 1. The molecule has 0 aliphatic carbocycles. The van der Waals surface area contributed by atoms with E-state index in [1.165, 1.54) is 23.2 Å². The molecule has 9 nitrogen and oxygen atoms in total. The van der Waals surface area contributed by atoms with Crippen molar-refractivity contribution in [2.45, 2.75) is 25.9 Å². The van der Waals surface area contributed by atoms with Gasteiger partial charge in [-0.25, -0.2) is 9.69 Å². The van der Waals surface area contributed by atoms with E-state index in [9.17, 15) is 27.6 Å². The fourth-order valence-corrected chi connectivity index (χ4v) is 3.76. The van der Waals surface area contributed by atoms with Crippen LogP contribution in [-0.4, -0.2) is 71.3 Å². The highest BCUT2D eigenvalue weighted by atomic mass is 19.4. The Balaban J connectivity index is 1.49. The van der Waals surface area contributed by atoms with Gasteiger partial charge in [0.1, 0.15) is 17.5 Å². The van der Waals surface area contributed by atoms with E-state index in [1.54, 1.807) is 24.0 Å². The van der Waals surface area contributed by atoms with E-state index in [0.717, 1.165) is 17.0 Å². The normalized spacial score (nSPS) is 19.1. The Morgan fingerprint density at radius 2 is 1.82 bits per heavy atom. The van der Waals surface area contributed by atoms with E-state index in [2.05, 4.69) is 9.72 Å². The first-order chi connectivity index (χ1) is 16.1. The molecule has 34 heavy (non-hydrogen) atoms. The maximum Gasteiger partial charge on any atom is 0.573 e. The molecule has 0 saturated carbocycles. The van der Waals surface area contributed by atoms with Crippen LogP contribution in [0.1, 0.15) is 23.0 Å². The van der Waals surface area contributed by atoms with Crippen molar-refractivity contribution in [1.29, 1.82) is 0 Å². The molecule has 1 aromatic heterocycles. The van der Waals surface area contributed by atoms with E-state index in [1.807, 2.05) is 0 Å². The average Bonchev–Trinajstić information content (AvgIpc) is 3.02. The molecule has 2 aliphatic rings. The van der Waals surface area contributed by atoms with Crippen LogP contribution in [0.25, 0.3) is 0 Å². The number of aromatic nitrogens is 1. The first-order valence-corrected chi connectivity index (χ1v) is 10.5. The molecule has 1 aromatic carbocycles. The lowest BCUT2D eigenvalue weighted by Crippen LogP contribution is -2.41. The van der Waals surface area contributed by atoms with Crippen molar-refractivity contribution < 1.29 is 37.0 Å². The summed E-state index contributed by atoms with van der Waals surface area (Å²) in [7, 11) is 0. The van der Waals surface area contributed by atoms with E-state index in [-0.39, 0.29) is 23.8 Å². The number of ether oxygens (including phenoxy) is 2. The van der Waals surface area contributed by atoms with Gasteiger partial charge in [0.25, 0.3) is 11.8 Å². The van der Waals surface area contributed by atoms with Gasteiger partial charge >= 0.3 is 12.4 Å². The van der Waals surface area contributed by atoms with Crippen LogP contribution in [0.2, 0.25) is 0 Å². The second-order valence-corrected chi connectivity index (χ2v) is 7.76. The van der Waals surface area contributed by atoms with E-state index >= 15 is 0 Å². The molecule has 12 heteroatoms. The van der Waals surface area contributed by atoms with Gasteiger partial charge in [0.05, 0.1) is 18.9 Å². The Morgan fingerprint density at radius 3 is 2.47 bits per heavy atom. The molecule has 4 amide bonds. The number of hydrogen-bond acceptors (Lipinski definition) is 6. The summed E-state index contributed by atoms with van der Waals surface area (Å²) >= 11 is 0. The monoisotopic (exact) mass is 478 g/mol. The molecule has 2 aromatic rings. The number of imide groups is 1. The molecule has 180 valence electrons. The highest BCUT2D eigenvalue weighted by molar-refractivity contribution is 6.21. The summed E-state index contributed by atoms with van der Waals surface area (Å²) in [6, 6.07) is 6.26. The van der Waals surface area contributed by atoms with Crippen LogP contribution in [0.3, 0.4) is 0 Å². The first kappa shape index (κ1) is 23.5. The predicted octanol–water partition coefficient (Wildman–Crippen LogP) is 2.81. The lowest BCUT2D eigenvalue weighted by atomic mass is 10.2. The summed E-state index contributed by atoms with van der Waals surface area (Å²) in [5.74, 6) is -1.23. The Morgan fingerprint density at radius 1 is 1.15 bits per heavy atom. The van der Waals surface area contributed by atoms with E-state index in [0.29, 0.717) is 31.9 Å². The molecule has 2 saturated heterocycles. The van der Waals surface area contributed by atoms with Crippen molar-refractivity contribution in [3.8, 4) is 5.75 Å². The summed E-state index contributed by atoms with van der Waals surface area (Å²) < 4.78 is 46.2. The number of nitrogens with zero attached hydrogens (tertiary/aromatic N) is 4. The van der Waals surface area contributed by atoms with Crippen molar-refractivity contribution in [3.05, 3.63) is 53.9 Å². The SMILES string of the molecule is CC1C(=O)N(c2ccc(OC(F)(F)F)cc2)C(=O)N1Cc1ccnc(C(=O)N2CCOCC2)c1. The molecular formula is C22H21F3N4O5. The van der Waals surface area contributed by atoms with Gasteiger partial charge in [-0.15, -0.1) is 13.2 Å². The van der Waals surface area contributed by atoms with Gasteiger partial charge in [-0.05, 0) is 48.9 Å². The third kappa shape index (κ3) is 4.96. The number of benzene rings is 1. The highest BCUT2D eigenvalue weighted by Gasteiger charge is 2.43. The van der Waals surface area contributed by atoms with Crippen molar-refractivity contribution in [2.24, 2.45) is 0 Å². The van der Waals surface area contributed by atoms with Crippen LogP contribution >= 0.6 is 0 Å². The first-order valence-electron chi connectivity index (χ1n) is 10.5. The molecule has 1 atom stereocenters. The molecule has 3 heterocycles. The van der Waals surface area contributed by atoms with Gasteiger partial charge in [-0.3, -0.25) is 14.6 Å². The quantitative estimate of drug-likeness (QED) is 0.614. The van der Waals surface area contributed by atoms with Crippen LogP contribution in [0, 0.1) is 0 Å². The number of morpholine rings is 1. The third-order valence-electron chi connectivity index (χ3n) is 5.51. The fraction of sp³-hybridized carbons (Fsp3) is 0.364. The summed E-state index contributed by atoms with van der Waals surface area (Å²) in [4.78, 5) is 46.5. The molecule has 4 rings (SSSR count). The average molecular weight is 478 g/mol. The maximum absolute atomic E-state index is 13.0. The van der Waals surface area contributed by atoms with Crippen LogP contribution in [0.5, 0.6) is 5.75 Å². The van der Waals surface area contributed by atoms with Crippen molar-refractivity contribution in [1.82, 2.24) is 14.8 Å². The standard InChI is InChI=1S/C22H21F3N4O5/c1-14-19(30)29(16-2-4-17(5-3-16)34-22(23,24)25)21(32)28(14)13-15-6-7-26-18(12-15)20(31)27-8-10-33-11-9-27/h2-7,12,14H,8-11,13H2,1H3. The molecule has 2 fully saturated rings. The zero-order valence-electron chi connectivity index (χ0n) is 18.1. The second-order valence-electron chi connectivity index (χ2n) is 7.76. The van der Waals surface area contributed by atoms with Gasteiger partial charge in [0.15, 0.2) is 0 Å². The lowest BCUT2D eigenvalue weighted by Gasteiger charge is -2.26. The minimum atomic E-state index is -4.85. The Bertz CT molecular complexity index is 1090. The van der Waals surface area contributed by atoms with Gasteiger partial charge < -0.3 is 19.3 Å². The topological polar surface area (TPSA) is 92.3 Å². The number of amides is 4. The van der Waals surface area contributed by atoms with Crippen LogP contribution in [0.4, 0.5) is 23.7 Å². The summed E-state index contributed by atoms with van der Waals surface area (Å²) in [6.07, 6.45) is -3.38. The number of halogens is 3. The number of hydrogen-bond donors (Lipinski definition) is 0. The number of rotatable bonds is 5. The summed E-state index contributed by atoms with van der Waals surface area (Å²) in [6.45, 7) is 3.43. The molecule has 0 bridgehead atoms. The van der Waals surface area contributed by atoms with Crippen LogP contribution in [-0.2, 0) is 16.1 Å². The number of pyridine rings is 1. The summed E-state index contributed by atoms with van der Waals surface area (Å²) in [5.41, 5.74) is 0.953. The molecule has 1 unspecified atom stereocenters. The smallest absolute Gasteiger partial charge is 0.406 e. The van der Waals surface area contributed by atoms with Crippen molar-refractivity contribution >= 4 is 23.5 Å². The third-order valence-corrected chi connectivity index (χ3v) is 5.51. The largest absolute Gasteiger partial charge is 0.573 e. The lowest BCUT2D eigenvalue weighted by molar-refractivity contribution is -0.274. The van der Waals surface area contributed by atoms with Gasteiger partial charge in [0, 0.05) is 25.8 Å². The van der Waals surface area contributed by atoms with Gasteiger partial charge in [-0.1, -0.05) is 0 Å². The second kappa shape index (κ2) is 9.29. The molecular weight excluding hydrogens is 457 g/mol. The van der Waals surface area contributed by atoms with Gasteiger partial charge in [-0.2, -0.15) is 0 Å². The van der Waals surface area contributed by atoms with E-state index in [4.69, 9.17) is 4.74 Å². The minimum Gasteiger partial charge on any atom is -0.406 e. The Hall–Kier alpha value is -3.67. The van der Waals surface area contributed by atoms with Crippen molar-refractivity contribution in [3.63, 3.8) is 0 Å². The number of alkyl halides is 3. The maximum atomic E-state index is 13.0. The minimum absolute atomic E-state index is 0.0451. The number of carbonyl (C=O) groups excluding carboxylic acids is 3. The molecule has 0 spiro atoms. The predicted molar refractivity (Wildman–Crippen MR) is 112 cm³/mol. The van der Waals surface area contributed by atoms with Crippen LogP contribution < -0.4 is 9.64 Å². The Kier molecular flexibility index (Phi) is 6.42. The Labute approximate surface area is 192 Å². The van der Waals surface area contributed by atoms with Crippen LogP contribution in [0.15, 0.2) is 42.6 Å². The van der Waals surface area contributed by atoms with Crippen molar-refractivity contribution in [2.75, 3.05) is 31.2 Å². The van der Waals surface area contributed by atoms with E-state index < -0.39 is 30.1 Å². The zero-order valence-corrected chi connectivity index (χ0v) is 18.1. The van der Waals surface area contributed by atoms with Gasteiger partial charge in [0.2, 0.25) is 0 Å².